The maximum atomic E-state index is 12.6. The van der Waals surface area contributed by atoms with E-state index in [1.54, 1.807) is 4.90 Å². The van der Waals surface area contributed by atoms with Crippen LogP contribution in [0.5, 0.6) is 11.5 Å². The van der Waals surface area contributed by atoms with Gasteiger partial charge in [-0.05, 0) is 37.8 Å². The third kappa shape index (κ3) is 2.48. The lowest BCUT2D eigenvalue weighted by atomic mass is 9.94. The first-order chi connectivity index (χ1) is 10.1. The molecule has 1 aliphatic heterocycles. The zero-order chi connectivity index (χ0) is 15.0. The Morgan fingerprint density at radius 2 is 2.00 bits per heavy atom. The monoisotopic (exact) mass is 289 g/mol. The van der Waals surface area contributed by atoms with Crippen LogP contribution in [-0.4, -0.2) is 39.4 Å². The maximum Gasteiger partial charge on any atom is 0.257 e. The van der Waals surface area contributed by atoms with Gasteiger partial charge >= 0.3 is 0 Å². The van der Waals surface area contributed by atoms with Crippen LogP contribution >= 0.6 is 0 Å². The highest BCUT2D eigenvalue weighted by atomic mass is 16.3. The summed E-state index contributed by atoms with van der Waals surface area (Å²) in [5.41, 5.74) is 0.185. The smallest absolute Gasteiger partial charge is 0.257 e. The number of carbonyl (C=O) groups excluding carboxylic acids is 2. The molecule has 2 atom stereocenters. The molecule has 21 heavy (non-hydrogen) atoms. The summed E-state index contributed by atoms with van der Waals surface area (Å²) >= 11 is 0. The second kappa shape index (κ2) is 5.39. The topological polar surface area (TPSA) is 77.8 Å². The Bertz CT molecular complexity index is 584. The maximum absolute atomic E-state index is 12.6. The van der Waals surface area contributed by atoms with E-state index in [1.165, 1.54) is 18.2 Å². The second-order valence-electron chi connectivity index (χ2n) is 5.87. The largest absolute Gasteiger partial charge is 0.508 e. The number of benzene rings is 1. The van der Waals surface area contributed by atoms with E-state index in [0.717, 1.165) is 25.7 Å². The number of ketones is 1. The van der Waals surface area contributed by atoms with E-state index in [9.17, 15) is 19.8 Å². The molecule has 5 nitrogen and oxygen atoms in total. The lowest BCUT2D eigenvalue weighted by molar-refractivity contribution is -0.121. The van der Waals surface area contributed by atoms with Crippen molar-refractivity contribution in [2.75, 3.05) is 6.54 Å². The number of nitrogens with zero attached hydrogens (tertiary/aromatic N) is 1. The fourth-order valence-corrected chi connectivity index (χ4v) is 3.57. The first kappa shape index (κ1) is 13.9. The number of rotatable bonds is 2. The molecule has 5 heteroatoms. The highest BCUT2D eigenvalue weighted by Crippen LogP contribution is 2.35. The van der Waals surface area contributed by atoms with Crippen molar-refractivity contribution in [1.29, 1.82) is 0 Å². The number of amides is 1. The fraction of sp³-hybridized carbons (Fsp3) is 0.500. The standard InChI is InChI=1S/C16H19NO4/c18-10-6-7-12(15(20)9-10)16(21)17-8-2-4-13(17)11-3-1-5-14(11)19/h6-7,9,11,13,18,20H,1-5,8H2. The summed E-state index contributed by atoms with van der Waals surface area (Å²) in [6.45, 7) is 0.619. The minimum atomic E-state index is -0.255. The molecule has 1 saturated carbocycles. The molecule has 2 unspecified atom stereocenters. The van der Waals surface area contributed by atoms with E-state index < -0.39 is 0 Å². The average molecular weight is 289 g/mol. The van der Waals surface area contributed by atoms with Crippen LogP contribution in [-0.2, 0) is 4.79 Å². The zero-order valence-electron chi connectivity index (χ0n) is 11.8. The van der Waals surface area contributed by atoms with E-state index in [1.807, 2.05) is 0 Å². The summed E-state index contributed by atoms with van der Waals surface area (Å²) in [5.74, 6) is -0.337. The van der Waals surface area contributed by atoms with Crippen LogP contribution in [0, 0.1) is 5.92 Å². The fourth-order valence-electron chi connectivity index (χ4n) is 3.57. The van der Waals surface area contributed by atoms with Gasteiger partial charge in [0.1, 0.15) is 17.3 Å². The predicted octanol–water partition coefficient (Wildman–Crippen LogP) is 2.07. The van der Waals surface area contributed by atoms with Gasteiger partial charge in [-0.15, -0.1) is 0 Å². The Hall–Kier alpha value is -2.04. The van der Waals surface area contributed by atoms with E-state index in [-0.39, 0.29) is 40.7 Å². The van der Waals surface area contributed by atoms with Gasteiger partial charge in [-0.2, -0.15) is 0 Å². The van der Waals surface area contributed by atoms with Crippen LogP contribution in [0.15, 0.2) is 18.2 Å². The first-order valence-corrected chi connectivity index (χ1v) is 7.43. The van der Waals surface area contributed by atoms with Gasteiger partial charge in [0.15, 0.2) is 0 Å². The SMILES string of the molecule is O=C1CCCC1C1CCCN1C(=O)c1ccc(O)cc1O. The number of Topliss-reactive ketones (excluding diaryl/α,β-unsaturated/α-hetero) is 1. The molecular weight excluding hydrogens is 270 g/mol. The molecule has 3 rings (SSSR count). The van der Waals surface area contributed by atoms with E-state index >= 15 is 0 Å². The van der Waals surface area contributed by atoms with Crippen molar-refractivity contribution < 1.29 is 19.8 Å². The van der Waals surface area contributed by atoms with Crippen LogP contribution in [0.3, 0.4) is 0 Å². The predicted molar refractivity (Wildman–Crippen MR) is 76.2 cm³/mol. The Labute approximate surface area is 123 Å². The number of likely N-dealkylation sites (tertiary alicyclic amines) is 1. The van der Waals surface area contributed by atoms with Crippen molar-refractivity contribution >= 4 is 11.7 Å². The van der Waals surface area contributed by atoms with E-state index in [2.05, 4.69) is 0 Å². The summed E-state index contributed by atoms with van der Waals surface area (Å²) < 4.78 is 0. The average Bonchev–Trinajstić information content (AvgIpc) is 3.06. The van der Waals surface area contributed by atoms with Gasteiger partial charge in [0.2, 0.25) is 0 Å². The third-order valence-corrected chi connectivity index (χ3v) is 4.59. The lowest BCUT2D eigenvalue weighted by Crippen LogP contribution is -2.41. The van der Waals surface area contributed by atoms with Crippen molar-refractivity contribution in [2.45, 2.75) is 38.1 Å². The summed E-state index contributed by atoms with van der Waals surface area (Å²) in [4.78, 5) is 26.3. The van der Waals surface area contributed by atoms with Gasteiger partial charge in [0.05, 0.1) is 5.56 Å². The molecule has 1 saturated heterocycles. The molecule has 0 aromatic heterocycles. The molecular formula is C16H19NO4. The van der Waals surface area contributed by atoms with Gasteiger partial charge in [-0.1, -0.05) is 0 Å². The zero-order valence-corrected chi connectivity index (χ0v) is 11.8. The first-order valence-electron chi connectivity index (χ1n) is 7.43. The summed E-state index contributed by atoms with van der Waals surface area (Å²) in [5, 5.41) is 19.2. The number of carbonyl (C=O) groups is 2. The van der Waals surface area contributed by atoms with Gasteiger partial charge in [0.25, 0.3) is 5.91 Å². The molecule has 1 aromatic carbocycles. The molecule has 0 spiro atoms. The number of phenols is 2. The van der Waals surface area contributed by atoms with E-state index in [0.29, 0.717) is 13.0 Å². The third-order valence-electron chi connectivity index (χ3n) is 4.59. The quantitative estimate of drug-likeness (QED) is 0.873. The molecule has 2 N–H and O–H groups in total. The Kier molecular flexibility index (Phi) is 3.57. The minimum Gasteiger partial charge on any atom is -0.508 e. The number of phenolic OH excluding ortho intramolecular Hbond substituents is 2. The molecule has 1 heterocycles. The van der Waals surface area contributed by atoms with Crippen molar-refractivity contribution in [3.05, 3.63) is 23.8 Å². The van der Waals surface area contributed by atoms with Crippen LogP contribution in [0.25, 0.3) is 0 Å². The van der Waals surface area contributed by atoms with Crippen molar-refractivity contribution in [1.82, 2.24) is 4.90 Å². The second-order valence-corrected chi connectivity index (χ2v) is 5.87. The number of hydrogen-bond donors (Lipinski definition) is 2. The van der Waals surface area contributed by atoms with Crippen molar-refractivity contribution in [3.8, 4) is 11.5 Å². The molecule has 2 fully saturated rings. The Morgan fingerprint density at radius 1 is 1.19 bits per heavy atom. The molecule has 112 valence electrons. The normalized spacial score (nSPS) is 25.5. The number of aromatic hydroxyl groups is 2. The molecule has 0 bridgehead atoms. The van der Waals surface area contributed by atoms with Crippen LogP contribution in [0.1, 0.15) is 42.5 Å². The van der Waals surface area contributed by atoms with Crippen LogP contribution < -0.4 is 0 Å². The Balaban J connectivity index is 1.84. The van der Waals surface area contributed by atoms with Crippen molar-refractivity contribution in [2.24, 2.45) is 5.92 Å². The Morgan fingerprint density at radius 3 is 2.67 bits per heavy atom. The lowest BCUT2D eigenvalue weighted by Gasteiger charge is -2.29. The highest BCUT2D eigenvalue weighted by molar-refractivity contribution is 5.98. The van der Waals surface area contributed by atoms with Crippen LogP contribution in [0.2, 0.25) is 0 Å². The van der Waals surface area contributed by atoms with Gasteiger partial charge in [-0.3, -0.25) is 9.59 Å². The van der Waals surface area contributed by atoms with E-state index in [4.69, 9.17) is 0 Å². The van der Waals surface area contributed by atoms with Crippen molar-refractivity contribution in [3.63, 3.8) is 0 Å². The van der Waals surface area contributed by atoms with Gasteiger partial charge in [0, 0.05) is 31.0 Å². The number of hydrogen-bond acceptors (Lipinski definition) is 4. The molecule has 1 aromatic rings. The van der Waals surface area contributed by atoms with Gasteiger partial charge < -0.3 is 15.1 Å². The molecule has 1 amide bonds. The van der Waals surface area contributed by atoms with Gasteiger partial charge in [-0.25, -0.2) is 0 Å². The summed E-state index contributed by atoms with van der Waals surface area (Å²) in [6, 6.07) is 3.94. The molecule has 1 aliphatic carbocycles. The molecule has 0 radical (unpaired) electrons. The van der Waals surface area contributed by atoms with Crippen LogP contribution in [0.4, 0.5) is 0 Å². The highest BCUT2D eigenvalue weighted by Gasteiger charge is 2.40. The summed E-state index contributed by atoms with van der Waals surface area (Å²) in [6.07, 6.45) is 4.12. The minimum absolute atomic E-state index is 0.0410. The molecule has 2 aliphatic rings. The summed E-state index contributed by atoms with van der Waals surface area (Å²) in [7, 11) is 0.